The number of hydrogen-bond donors (Lipinski definition) is 3. The molecule has 0 bridgehead atoms. The first-order chi connectivity index (χ1) is 19.8. The molecule has 4 rings (SSSR count). The smallest absolute Gasteiger partial charge is 0.323 e. The standard InChI is InChI=1S/C29H37N5O7S/c1-17-10-12-22(13-11-17)42(38,39)33(6)15-25-18(2)14-34(19(3)16-35)28(36)23-8-7-9-24(27(23)40-25)30-29(37)31-26-20(4)32-41-21(26)5/h7-13,18-19,25,35H,14-16H2,1-6H3,(H2,30,31,37)/t18-,19-,25+/m0/s1. The van der Waals surface area contributed by atoms with Crippen LogP contribution in [0.15, 0.2) is 51.9 Å². The number of rotatable bonds is 8. The molecule has 12 nitrogen and oxygen atoms in total. The van der Waals surface area contributed by atoms with Crippen LogP contribution < -0.4 is 15.4 Å². The van der Waals surface area contributed by atoms with Crippen molar-refractivity contribution < 1.29 is 32.4 Å². The molecule has 0 aliphatic carbocycles. The molecule has 2 heterocycles. The third-order valence-electron chi connectivity index (χ3n) is 7.38. The largest absolute Gasteiger partial charge is 0.486 e. The maximum Gasteiger partial charge on any atom is 0.323 e. The van der Waals surface area contributed by atoms with Crippen LogP contribution in [0.2, 0.25) is 0 Å². The number of aryl methyl sites for hydroxylation is 3. The molecule has 0 saturated carbocycles. The van der Waals surface area contributed by atoms with E-state index in [1.54, 1.807) is 68.1 Å². The minimum atomic E-state index is -3.85. The number of para-hydroxylation sites is 1. The number of hydrogen-bond acceptors (Lipinski definition) is 8. The number of urea groups is 1. The number of nitrogens with zero attached hydrogens (tertiary/aromatic N) is 3. The average Bonchev–Trinajstić information content (AvgIpc) is 3.26. The summed E-state index contributed by atoms with van der Waals surface area (Å²) < 4.78 is 39.6. The minimum absolute atomic E-state index is 0.0358. The highest BCUT2D eigenvalue weighted by molar-refractivity contribution is 7.89. The topological polar surface area (TPSA) is 154 Å². The Morgan fingerprint density at radius 3 is 2.48 bits per heavy atom. The number of fused-ring (bicyclic) bond motifs is 1. The molecule has 42 heavy (non-hydrogen) atoms. The summed E-state index contributed by atoms with van der Waals surface area (Å²) in [5, 5.41) is 19.2. The maximum absolute atomic E-state index is 13.7. The van der Waals surface area contributed by atoms with Gasteiger partial charge in [0.2, 0.25) is 10.0 Å². The van der Waals surface area contributed by atoms with E-state index in [1.165, 1.54) is 11.4 Å². The molecule has 13 heteroatoms. The number of anilines is 2. The lowest BCUT2D eigenvalue weighted by atomic mass is 9.99. The van der Waals surface area contributed by atoms with Crippen LogP contribution in [0, 0.1) is 26.7 Å². The predicted molar refractivity (Wildman–Crippen MR) is 157 cm³/mol. The summed E-state index contributed by atoms with van der Waals surface area (Å²) in [5.41, 5.74) is 2.24. The van der Waals surface area contributed by atoms with Gasteiger partial charge in [-0.25, -0.2) is 13.2 Å². The second-order valence-electron chi connectivity index (χ2n) is 10.7. The fourth-order valence-corrected chi connectivity index (χ4v) is 5.91. The van der Waals surface area contributed by atoms with Gasteiger partial charge in [0.1, 0.15) is 17.5 Å². The van der Waals surface area contributed by atoms with Gasteiger partial charge in [0.05, 0.1) is 35.3 Å². The van der Waals surface area contributed by atoms with E-state index in [0.717, 1.165) is 5.56 Å². The van der Waals surface area contributed by atoms with Crippen LogP contribution in [0.4, 0.5) is 16.2 Å². The summed E-state index contributed by atoms with van der Waals surface area (Å²) in [5.74, 6) is -0.203. The van der Waals surface area contributed by atoms with E-state index in [1.807, 2.05) is 13.8 Å². The van der Waals surface area contributed by atoms with Gasteiger partial charge in [-0.15, -0.1) is 0 Å². The SMILES string of the molecule is Cc1ccc(S(=O)(=O)N(C)C[C@H]2Oc3c(NC(=O)Nc4c(C)noc4C)cccc3C(=O)N([C@@H](C)CO)C[C@@H]2C)cc1. The second kappa shape index (κ2) is 12.5. The summed E-state index contributed by atoms with van der Waals surface area (Å²) in [6.07, 6.45) is -0.718. The zero-order valence-electron chi connectivity index (χ0n) is 24.5. The number of carbonyl (C=O) groups excluding carboxylic acids is 2. The highest BCUT2D eigenvalue weighted by atomic mass is 32.2. The Balaban J connectivity index is 1.70. The lowest BCUT2D eigenvalue weighted by Crippen LogP contribution is -2.50. The normalized spacial score (nSPS) is 18.1. The molecule has 0 spiro atoms. The summed E-state index contributed by atoms with van der Waals surface area (Å²) in [6.45, 7) is 8.73. The van der Waals surface area contributed by atoms with Gasteiger partial charge in [0.15, 0.2) is 11.5 Å². The minimum Gasteiger partial charge on any atom is -0.486 e. The lowest BCUT2D eigenvalue weighted by Gasteiger charge is -2.38. The van der Waals surface area contributed by atoms with E-state index in [9.17, 15) is 23.1 Å². The number of sulfonamides is 1. The molecule has 3 aromatic rings. The number of aliphatic hydroxyl groups is 1. The summed E-state index contributed by atoms with van der Waals surface area (Å²) in [4.78, 5) is 28.4. The van der Waals surface area contributed by atoms with Gasteiger partial charge in [-0.05, 0) is 52.0 Å². The van der Waals surface area contributed by atoms with Crippen LogP contribution in [-0.4, -0.2) is 78.7 Å². The number of aromatic nitrogens is 1. The monoisotopic (exact) mass is 599 g/mol. The third-order valence-corrected chi connectivity index (χ3v) is 9.22. The molecular weight excluding hydrogens is 562 g/mol. The molecular formula is C29H37N5O7S. The first-order valence-corrected chi connectivity index (χ1v) is 15.0. The van der Waals surface area contributed by atoms with E-state index in [-0.39, 0.29) is 53.4 Å². The Labute approximate surface area is 245 Å². The van der Waals surface area contributed by atoms with Crippen molar-refractivity contribution in [2.24, 2.45) is 5.92 Å². The van der Waals surface area contributed by atoms with Crippen LogP contribution in [0.3, 0.4) is 0 Å². The van der Waals surface area contributed by atoms with E-state index in [0.29, 0.717) is 17.1 Å². The zero-order valence-corrected chi connectivity index (χ0v) is 25.4. The number of aliphatic hydroxyl groups excluding tert-OH is 1. The van der Waals surface area contributed by atoms with Crippen LogP contribution in [0.1, 0.15) is 41.2 Å². The Kier molecular flexibility index (Phi) is 9.24. The van der Waals surface area contributed by atoms with Gasteiger partial charge >= 0.3 is 6.03 Å². The number of ether oxygens (including phenoxy) is 1. The molecule has 0 saturated heterocycles. The number of carbonyl (C=O) groups is 2. The van der Waals surface area contributed by atoms with Crippen LogP contribution in [0.25, 0.3) is 0 Å². The van der Waals surface area contributed by atoms with Gasteiger partial charge in [-0.2, -0.15) is 4.31 Å². The van der Waals surface area contributed by atoms with Crippen molar-refractivity contribution in [2.45, 2.75) is 51.7 Å². The number of nitrogens with one attached hydrogen (secondary N) is 2. The Hall–Kier alpha value is -3.94. The molecule has 1 aliphatic heterocycles. The Morgan fingerprint density at radius 2 is 1.86 bits per heavy atom. The lowest BCUT2D eigenvalue weighted by molar-refractivity contribution is 0.0389. The van der Waals surface area contributed by atoms with E-state index < -0.39 is 28.2 Å². The maximum atomic E-state index is 13.7. The first-order valence-electron chi connectivity index (χ1n) is 13.6. The van der Waals surface area contributed by atoms with E-state index in [4.69, 9.17) is 9.26 Å². The van der Waals surface area contributed by atoms with Crippen molar-refractivity contribution in [1.82, 2.24) is 14.4 Å². The first kappa shape index (κ1) is 31.0. The Bertz CT molecular complexity index is 1540. The van der Waals surface area contributed by atoms with Gasteiger partial charge in [-0.3, -0.25) is 4.79 Å². The highest BCUT2D eigenvalue weighted by Gasteiger charge is 2.36. The fraction of sp³-hybridized carbons (Fsp3) is 0.414. The number of amides is 3. The van der Waals surface area contributed by atoms with Crippen molar-refractivity contribution in [3.8, 4) is 5.75 Å². The zero-order chi connectivity index (χ0) is 30.8. The molecule has 0 unspecified atom stereocenters. The van der Waals surface area contributed by atoms with Crippen molar-refractivity contribution in [2.75, 3.05) is 37.4 Å². The van der Waals surface area contributed by atoms with E-state index >= 15 is 0 Å². The average molecular weight is 600 g/mol. The summed E-state index contributed by atoms with van der Waals surface area (Å²) in [6, 6.07) is 10.2. The molecule has 3 atom stereocenters. The molecule has 226 valence electrons. The van der Waals surface area contributed by atoms with Crippen LogP contribution >= 0.6 is 0 Å². The number of benzene rings is 2. The fourth-order valence-electron chi connectivity index (χ4n) is 4.73. The number of likely N-dealkylation sites (N-methyl/N-ethyl adjacent to an activating group) is 1. The Morgan fingerprint density at radius 1 is 1.17 bits per heavy atom. The van der Waals surface area contributed by atoms with E-state index in [2.05, 4.69) is 15.8 Å². The summed E-state index contributed by atoms with van der Waals surface area (Å²) in [7, 11) is -2.37. The van der Waals surface area contributed by atoms with Crippen LogP contribution in [0.5, 0.6) is 5.75 Å². The quantitative estimate of drug-likeness (QED) is 0.353. The predicted octanol–water partition coefficient (Wildman–Crippen LogP) is 3.78. The second-order valence-corrected chi connectivity index (χ2v) is 12.7. The summed E-state index contributed by atoms with van der Waals surface area (Å²) >= 11 is 0. The van der Waals surface area contributed by atoms with Crippen molar-refractivity contribution in [3.63, 3.8) is 0 Å². The van der Waals surface area contributed by atoms with Gasteiger partial charge < -0.3 is 29.9 Å². The van der Waals surface area contributed by atoms with Gasteiger partial charge in [0.25, 0.3) is 5.91 Å². The molecule has 0 fully saturated rings. The van der Waals surface area contributed by atoms with Crippen molar-refractivity contribution in [1.29, 1.82) is 0 Å². The van der Waals surface area contributed by atoms with Gasteiger partial charge in [-0.1, -0.05) is 35.8 Å². The highest BCUT2D eigenvalue weighted by Crippen LogP contribution is 2.35. The van der Waals surface area contributed by atoms with Gasteiger partial charge in [0, 0.05) is 19.5 Å². The molecule has 1 aliphatic rings. The van der Waals surface area contributed by atoms with Crippen molar-refractivity contribution in [3.05, 3.63) is 65.0 Å². The molecule has 0 radical (unpaired) electrons. The molecule has 2 aromatic carbocycles. The molecule has 1 aromatic heterocycles. The van der Waals surface area contributed by atoms with Crippen molar-refractivity contribution >= 4 is 33.3 Å². The third kappa shape index (κ3) is 6.42. The molecule has 3 N–H and O–H groups in total. The molecule has 3 amide bonds. The van der Waals surface area contributed by atoms with Crippen LogP contribution in [-0.2, 0) is 10.0 Å².